The molecular weight excluding hydrogens is 347 g/mol. The second-order valence-corrected chi connectivity index (χ2v) is 7.63. The second kappa shape index (κ2) is 6.51. The molecule has 0 aliphatic heterocycles. The molecule has 0 aromatic heterocycles. The summed E-state index contributed by atoms with van der Waals surface area (Å²) in [5, 5.41) is 3.19. The maximum absolute atomic E-state index is 13.8. The summed E-state index contributed by atoms with van der Waals surface area (Å²) >= 11 is 3.11. The number of hydrogen-bond acceptors (Lipinski definition) is 3. The van der Waals surface area contributed by atoms with Gasteiger partial charge >= 0.3 is 0 Å². The fourth-order valence-electron chi connectivity index (χ4n) is 2.48. The molecule has 112 valence electrons. The van der Waals surface area contributed by atoms with E-state index in [1.807, 2.05) is 7.05 Å². The van der Waals surface area contributed by atoms with Crippen molar-refractivity contribution < 1.29 is 12.8 Å². The van der Waals surface area contributed by atoms with Crippen molar-refractivity contribution >= 4 is 26.0 Å². The van der Waals surface area contributed by atoms with Gasteiger partial charge in [0.25, 0.3) is 0 Å². The van der Waals surface area contributed by atoms with E-state index in [0.717, 1.165) is 31.7 Å². The number of sulfonamides is 1. The van der Waals surface area contributed by atoms with Gasteiger partial charge in [0.1, 0.15) is 10.7 Å². The molecule has 2 N–H and O–H groups in total. The van der Waals surface area contributed by atoms with E-state index < -0.39 is 15.8 Å². The Morgan fingerprint density at radius 3 is 2.35 bits per heavy atom. The zero-order chi connectivity index (χ0) is 14.8. The molecule has 1 saturated carbocycles. The maximum Gasteiger partial charge on any atom is 0.243 e. The fraction of sp³-hybridized carbons (Fsp3) is 0.538. The Morgan fingerprint density at radius 1 is 1.20 bits per heavy atom. The smallest absolute Gasteiger partial charge is 0.243 e. The molecule has 0 bridgehead atoms. The third kappa shape index (κ3) is 3.78. The van der Waals surface area contributed by atoms with Crippen LogP contribution in [0.1, 0.15) is 25.7 Å². The lowest BCUT2D eigenvalue weighted by molar-refractivity contribution is 0.342. The number of benzene rings is 1. The van der Waals surface area contributed by atoms with Crippen LogP contribution in [0.15, 0.2) is 27.6 Å². The first-order valence-electron chi connectivity index (χ1n) is 6.57. The molecule has 4 nitrogen and oxygen atoms in total. The fourth-order valence-corrected chi connectivity index (χ4v) is 4.17. The molecule has 1 fully saturated rings. The molecule has 20 heavy (non-hydrogen) atoms. The highest BCUT2D eigenvalue weighted by Gasteiger charge is 2.26. The summed E-state index contributed by atoms with van der Waals surface area (Å²) < 4.78 is 41.3. The first-order chi connectivity index (χ1) is 9.42. The van der Waals surface area contributed by atoms with Crippen molar-refractivity contribution in [2.45, 2.75) is 42.7 Å². The van der Waals surface area contributed by atoms with Crippen LogP contribution in [0.3, 0.4) is 0 Å². The standard InChI is InChI=1S/C13H18BrFN2O2S/c1-16-10-3-5-11(6-4-10)17-20(18,19)13-7-2-9(14)8-12(13)15/h2,7-8,10-11,16-17H,3-6H2,1H3. The first kappa shape index (κ1) is 15.9. The van der Waals surface area contributed by atoms with Crippen LogP contribution >= 0.6 is 15.9 Å². The van der Waals surface area contributed by atoms with Gasteiger partial charge in [0.15, 0.2) is 0 Å². The van der Waals surface area contributed by atoms with Crippen LogP contribution in [0.4, 0.5) is 4.39 Å². The van der Waals surface area contributed by atoms with Crippen LogP contribution in [-0.4, -0.2) is 27.5 Å². The lowest BCUT2D eigenvalue weighted by atomic mass is 9.92. The zero-order valence-electron chi connectivity index (χ0n) is 11.2. The molecule has 2 rings (SSSR count). The molecule has 1 aromatic rings. The van der Waals surface area contributed by atoms with E-state index in [0.29, 0.717) is 10.5 Å². The lowest BCUT2D eigenvalue weighted by Gasteiger charge is -2.28. The predicted octanol–water partition coefficient (Wildman–Crippen LogP) is 2.40. The van der Waals surface area contributed by atoms with Crippen LogP contribution in [-0.2, 0) is 10.0 Å². The van der Waals surface area contributed by atoms with Crippen molar-refractivity contribution in [3.05, 3.63) is 28.5 Å². The molecule has 0 amide bonds. The van der Waals surface area contributed by atoms with Gasteiger partial charge in [0.2, 0.25) is 10.0 Å². The normalized spacial score (nSPS) is 23.8. The topological polar surface area (TPSA) is 58.2 Å². The van der Waals surface area contributed by atoms with Crippen LogP contribution in [0, 0.1) is 5.82 Å². The Balaban J connectivity index is 2.08. The molecule has 1 aliphatic carbocycles. The quantitative estimate of drug-likeness (QED) is 0.862. The largest absolute Gasteiger partial charge is 0.317 e. The number of nitrogens with one attached hydrogen (secondary N) is 2. The minimum absolute atomic E-state index is 0.118. The molecule has 0 spiro atoms. The summed E-state index contributed by atoms with van der Waals surface area (Å²) in [7, 11) is -1.89. The highest BCUT2D eigenvalue weighted by molar-refractivity contribution is 9.10. The van der Waals surface area contributed by atoms with Crippen molar-refractivity contribution in [2.75, 3.05) is 7.05 Å². The molecule has 1 aliphatic rings. The SMILES string of the molecule is CNC1CCC(NS(=O)(=O)c2ccc(Br)cc2F)CC1. The van der Waals surface area contributed by atoms with Gasteiger partial charge < -0.3 is 5.32 Å². The van der Waals surface area contributed by atoms with Gasteiger partial charge in [-0.2, -0.15) is 0 Å². The van der Waals surface area contributed by atoms with E-state index in [2.05, 4.69) is 26.0 Å². The van der Waals surface area contributed by atoms with Crippen molar-refractivity contribution in [3.8, 4) is 0 Å². The van der Waals surface area contributed by atoms with Crippen molar-refractivity contribution in [1.82, 2.24) is 10.0 Å². The number of rotatable bonds is 4. The first-order valence-corrected chi connectivity index (χ1v) is 8.84. The Kier molecular flexibility index (Phi) is 5.17. The highest BCUT2D eigenvalue weighted by atomic mass is 79.9. The van der Waals surface area contributed by atoms with Gasteiger partial charge in [-0.15, -0.1) is 0 Å². The maximum atomic E-state index is 13.8. The van der Waals surface area contributed by atoms with E-state index in [9.17, 15) is 12.8 Å². The van der Waals surface area contributed by atoms with Crippen LogP contribution < -0.4 is 10.0 Å². The van der Waals surface area contributed by atoms with E-state index in [-0.39, 0.29) is 10.9 Å². The average Bonchev–Trinajstić information content (AvgIpc) is 2.38. The van der Waals surface area contributed by atoms with E-state index in [4.69, 9.17) is 0 Å². The molecule has 0 saturated heterocycles. The third-order valence-corrected chi connectivity index (χ3v) is 5.69. The van der Waals surface area contributed by atoms with E-state index in [1.54, 1.807) is 0 Å². The van der Waals surface area contributed by atoms with Gasteiger partial charge in [-0.05, 0) is 50.9 Å². The minimum atomic E-state index is -3.80. The van der Waals surface area contributed by atoms with Crippen molar-refractivity contribution in [3.63, 3.8) is 0 Å². The Hall–Kier alpha value is -0.500. The van der Waals surface area contributed by atoms with Gasteiger partial charge in [-0.3, -0.25) is 0 Å². The monoisotopic (exact) mass is 364 g/mol. The molecule has 0 unspecified atom stereocenters. The lowest BCUT2D eigenvalue weighted by Crippen LogP contribution is -2.41. The summed E-state index contributed by atoms with van der Waals surface area (Å²) in [6.07, 6.45) is 3.38. The molecule has 0 heterocycles. The van der Waals surface area contributed by atoms with Gasteiger partial charge in [0, 0.05) is 16.6 Å². The van der Waals surface area contributed by atoms with Crippen molar-refractivity contribution in [1.29, 1.82) is 0 Å². The summed E-state index contributed by atoms with van der Waals surface area (Å²) in [6, 6.07) is 4.29. The zero-order valence-corrected chi connectivity index (χ0v) is 13.6. The van der Waals surface area contributed by atoms with Gasteiger partial charge in [-0.1, -0.05) is 15.9 Å². The molecule has 0 atom stereocenters. The summed E-state index contributed by atoms with van der Waals surface area (Å²) in [5.41, 5.74) is 0. The third-order valence-electron chi connectivity index (χ3n) is 3.64. The number of hydrogen-bond donors (Lipinski definition) is 2. The minimum Gasteiger partial charge on any atom is -0.317 e. The Morgan fingerprint density at radius 2 is 1.80 bits per heavy atom. The summed E-state index contributed by atoms with van der Waals surface area (Å²) in [4.78, 5) is -0.295. The van der Waals surface area contributed by atoms with Crippen LogP contribution in [0.5, 0.6) is 0 Å². The molecule has 7 heteroatoms. The Bertz CT molecular complexity index is 572. The van der Waals surface area contributed by atoms with Crippen LogP contribution in [0.25, 0.3) is 0 Å². The molecular formula is C13H18BrFN2O2S. The van der Waals surface area contributed by atoms with Crippen molar-refractivity contribution in [2.24, 2.45) is 0 Å². The summed E-state index contributed by atoms with van der Waals surface area (Å²) in [5.74, 6) is -0.740. The molecule has 0 radical (unpaired) electrons. The van der Waals surface area contributed by atoms with Gasteiger partial charge in [-0.25, -0.2) is 17.5 Å². The molecule has 1 aromatic carbocycles. The second-order valence-electron chi connectivity index (χ2n) is 5.03. The Labute approximate surface area is 127 Å². The average molecular weight is 365 g/mol. The highest BCUT2D eigenvalue weighted by Crippen LogP contribution is 2.23. The summed E-state index contributed by atoms with van der Waals surface area (Å²) in [6.45, 7) is 0. The van der Waals surface area contributed by atoms with E-state index in [1.165, 1.54) is 12.1 Å². The van der Waals surface area contributed by atoms with E-state index >= 15 is 0 Å². The van der Waals surface area contributed by atoms with Gasteiger partial charge in [0.05, 0.1) is 0 Å². The number of halogens is 2. The van der Waals surface area contributed by atoms with Crippen LogP contribution in [0.2, 0.25) is 0 Å². The predicted molar refractivity (Wildman–Crippen MR) is 79.5 cm³/mol.